The summed E-state index contributed by atoms with van der Waals surface area (Å²) in [5, 5.41) is 7.23. The molecule has 0 fully saturated rings. The molecule has 1 aliphatic rings. The monoisotopic (exact) mass is 425 g/mol. The third-order valence-corrected chi connectivity index (χ3v) is 3.70. The zero-order valence-electron chi connectivity index (χ0n) is 17.7. The van der Waals surface area contributed by atoms with Crippen molar-refractivity contribution in [3.05, 3.63) is 12.2 Å². The number of nitrogens with zero attached hydrogens (tertiary/aromatic N) is 1. The number of imide groups is 1. The Kier molecular flexibility index (Phi) is 13.1. The molecule has 6 amide bonds. The highest BCUT2D eigenvalue weighted by Gasteiger charge is 2.23. The number of primary amides is 1. The van der Waals surface area contributed by atoms with Crippen molar-refractivity contribution in [1.82, 2.24) is 20.9 Å². The van der Waals surface area contributed by atoms with Gasteiger partial charge >= 0.3 is 6.03 Å². The molecular formula is C19H31N5O6. The van der Waals surface area contributed by atoms with Gasteiger partial charge in [-0.05, 0) is 19.8 Å². The van der Waals surface area contributed by atoms with Crippen LogP contribution in [0.3, 0.4) is 0 Å². The second-order valence-electron chi connectivity index (χ2n) is 6.56. The Balaban J connectivity index is 0.00000263. The molecule has 1 atom stereocenters. The van der Waals surface area contributed by atoms with E-state index in [9.17, 15) is 28.8 Å². The van der Waals surface area contributed by atoms with Gasteiger partial charge in [0.25, 0.3) is 11.8 Å². The van der Waals surface area contributed by atoms with E-state index in [0.29, 0.717) is 12.8 Å². The first-order valence-corrected chi connectivity index (χ1v) is 9.75. The Bertz CT molecular complexity index is 658. The van der Waals surface area contributed by atoms with Gasteiger partial charge in [-0.2, -0.15) is 0 Å². The summed E-state index contributed by atoms with van der Waals surface area (Å²) in [6.07, 6.45) is 4.09. The van der Waals surface area contributed by atoms with E-state index in [4.69, 9.17) is 5.73 Å². The summed E-state index contributed by atoms with van der Waals surface area (Å²) >= 11 is 0. The fourth-order valence-electron chi connectivity index (χ4n) is 2.27. The van der Waals surface area contributed by atoms with Crippen LogP contribution in [0.1, 0.15) is 46.5 Å². The summed E-state index contributed by atoms with van der Waals surface area (Å²) in [4.78, 5) is 69.4. The molecule has 0 aromatic carbocycles. The van der Waals surface area contributed by atoms with Crippen LogP contribution in [0.5, 0.6) is 0 Å². The van der Waals surface area contributed by atoms with Gasteiger partial charge in [-0.1, -0.05) is 20.3 Å². The first-order valence-electron chi connectivity index (χ1n) is 9.75. The van der Waals surface area contributed by atoms with E-state index in [1.165, 1.54) is 13.3 Å². The highest BCUT2D eigenvalue weighted by molar-refractivity contribution is 6.13. The molecule has 168 valence electrons. The number of carbonyl (C=O) groups excluding carboxylic acids is 6. The lowest BCUT2D eigenvalue weighted by Gasteiger charge is -2.16. The fraction of sp³-hybridized carbons (Fsp3) is 0.579. The van der Waals surface area contributed by atoms with Crippen LogP contribution in [0.25, 0.3) is 0 Å². The molecule has 1 rings (SSSR count). The predicted molar refractivity (Wildman–Crippen MR) is 109 cm³/mol. The number of nitrogens with one attached hydrogen (secondary N) is 3. The summed E-state index contributed by atoms with van der Waals surface area (Å²) in [5.41, 5.74) is 4.93. The number of urea groups is 1. The third kappa shape index (κ3) is 11.6. The van der Waals surface area contributed by atoms with Gasteiger partial charge in [0.2, 0.25) is 11.8 Å². The smallest absolute Gasteiger partial charge is 0.312 e. The summed E-state index contributed by atoms with van der Waals surface area (Å²) in [7, 11) is 0. The van der Waals surface area contributed by atoms with Gasteiger partial charge in [-0.3, -0.25) is 28.9 Å². The maximum absolute atomic E-state index is 11.9. The molecular weight excluding hydrogens is 394 g/mol. The lowest BCUT2D eigenvalue weighted by Crippen LogP contribution is -2.45. The molecule has 0 aliphatic carbocycles. The first-order chi connectivity index (χ1) is 14.1. The van der Waals surface area contributed by atoms with E-state index in [0.717, 1.165) is 17.1 Å². The van der Waals surface area contributed by atoms with Crippen LogP contribution >= 0.6 is 0 Å². The SMILES string of the molecule is CC(=O)C(CCCNC(N)=O)NC(=O)CNC(=O)CCN1C(=O)C=CC1=O.CCC. The molecule has 30 heavy (non-hydrogen) atoms. The van der Waals surface area contributed by atoms with Crippen molar-refractivity contribution in [1.29, 1.82) is 0 Å². The number of Topliss-reactive ketones (excluding diaryl/α,β-unsaturated/α-hetero) is 1. The average molecular weight is 425 g/mol. The van der Waals surface area contributed by atoms with Gasteiger partial charge in [0.1, 0.15) is 0 Å². The Labute approximate surface area is 175 Å². The molecule has 0 aromatic heterocycles. The molecule has 11 nitrogen and oxygen atoms in total. The number of ketones is 1. The Hall–Kier alpha value is -3.24. The van der Waals surface area contributed by atoms with Crippen molar-refractivity contribution in [2.45, 2.75) is 52.5 Å². The number of hydrogen-bond acceptors (Lipinski definition) is 6. The molecule has 0 spiro atoms. The fourth-order valence-corrected chi connectivity index (χ4v) is 2.27. The number of rotatable bonds is 11. The molecule has 1 aliphatic heterocycles. The zero-order chi connectivity index (χ0) is 23.1. The number of nitrogens with two attached hydrogens (primary N) is 1. The molecule has 0 aromatic rings. The summed E-state index contributed by atoms with van der Waals surface area (Å²) in [5.74, 6) is -2.29. The summed E-state index contributed by atoms with van der Waals surface area (Å²) in [6, 6.07) is -1.41. The van der Waals surface area contributed by atoms with Gasteiger partial charge in [-0.25, -0.2) is 4.79 Å². The quantitative estimate of drug-likeness (QED) is 0.253. The van der Waals surface area contributed by atoms with Crippen LogP contribution in [0.15, 0.2) is 12.2 Å². The summed E-state index contributed by atoms with van der Waals surface area (Å²) < 4.78 is 0. The van der Waals surface area contributed by atoms with Crippen LogP contribution in [-0.4, -0.2) is 66.0 Å². The van der Waals surface area contributed by atoms with Crippen molar-refractivity contribution >= 4 is 35.4 Å². The van der Waals surface area contributed by atoms with Crippen molar-refractivity contribution in [2.75, 3.05) is 19.6 Å². The van der Waals surface area contributed by atoms with Crippen LogP contribution in [0.4, 0.5) is 4.79 Å². The zero-order valence-corrected chi connectivity index (χ0v) is 17.7. The third-order valence-electron chi connectivity index (χ3n) is 3.70. The lowest BCUT2D eigenvalue weighted by atomic mass is 10.1. The predicted octanol–water partition coefficient (Wildman–Crippen LogP) is -0.644. The standard InChI is InChI=1S/C16H23N5O6.C3H8/c1-10(22)11(3-2-7-18-16(17)27)20-13(24)9-19-12(23)6-8-21-14(25)4-5-15(21)26;1-3-2/h4-5,11H,2-3,6-9H2,1H3,(H,19,23)(H,20,24)(H3,17,18,27);3H2,1-2H3. The van der Waals surface area contributed by atoms with Crippen molar-refractivity contribution in [3.63, 3.8) is 0 Å². The Morgan fingerprint density at radius 1 is 1.03 bits per heavy atom. The van der Waals surface area contributed by atoms with Crippen LogP contribution < -0.4 is 21.7 Å². The molecule has 0 radical (unpaired) electrons. The van der Waals surface area contributed by atoms with E-state index in [1.54, 1.807) is 0 Å². The van der Waals surface area contributed by atoms with E-state index in [2.05, 4.69) is 29.8 Å². The molecule has 5 N–H and O–H groups in total. The minimum absolute atomic E-state index is 0.0823. The molecule has 1 unspecified atom stereocenters. The van der Waals surface area contributed by atoms with Crippen LogP contribution in [0.2, 0.25) is 0 Å². The summed E-state index contributed by atoms with van der Waals surface area (Å²) in [6.45, 7) is 5.42. The maximum atomic E-state index is 11.9. The lowest BCUT2D eigenvalue weighted by molar-refractivity contribution is -0.137. The van der Waals surface area contributed by atoms with Crippen molar-refractivity contribution < 1.29 is 28.8 Å². The Morgan fingerprint density at radius 2 is 1.60 bits per heavy atom. The topological polar surface area (TPSA) is 168 Å². The van der Waals surface area contributed by atoms with Gasteiger partial charge in [-0.15, -0.1) is 0 Å². The van der Waals surface area contributed by atoms with Crippen molar-refractivity contribution in [2.24, 2.45) is 5.73 Å². The van der Waals surface area contributed by atoms with E-state index < -0.39 is 35.7 Å². The largest absolute Gasteiger partial charge is 0.352 e. The molecule has 0 saturated carbocycles. The molecule has 11 heteroatoms. The maximum Gasteiger partial charge on any atom is 0.312 e. The van der Waals surface area contributed by atoms with Gasteiger partial charge < -0.3 is 21.7 Å². The van der Waals surface area contributed by atoms with Crippen LogP contribution in [-0.2, 0) is 24.0 Å². The van der Waals surface area contributed by atoms with Gasteiger partial charge in [0.15, 0.2) is 5.78 Å². The molecule has 0 saturated heterocycles. The second kappa shape index (κ2) is 14.7. The second-order valence-corrected chi connectivity index (χ2v) is 6.56. The Morgan fingerprint density at radius 3 is 2.10 bits per heavy atom. The number of hydrogen-bond donors (Lipinski definition) is 4. The van der Waals surface area contributed by atoms with Gasteiger partial charge in [0.05, 0.1) is 12.6 Å². The normalized spacial score (nSPS) is 13.2. The molecule has 0 bridgehead atoms. The van der Waals surface area contributed by atoms with Crippen molar-refractivity contribution in [3.8, 4) is 0 Å². The highest BCUT2D eigenvalue weighted by Crippen LogP contribution is 2.04. The minimum atomic E-state index is -0.741. The number of carbonyl (C=O) groups is 6. The van der Waals surface area contributed by atoms with Gasteiger partial charge in [0, 0.05) is 31.7 Å². The average Bonchev–Trinajstić information content (AvgIpc) is 2.98. The minimum Gasteiger partial charge on any atom is -0.352 e. The first kappa shape index (κ1) is 26.8. The highest BCUT2D eigenvalue weighted by atomic mass is 16.2. The van der Waals surface area contributed by atoms with E-state index in [1.807, 2.05) is 0 Å². The number of amides is 6. The van der Waals surface area contributed by atoms with E-state index in [-0.39, 0.29) is 31.8 Å². The van der Waals surface area contributed by atoms with E-state index >= 15 is 0 Å². The molecule has 1 heterocycles. The van der Waals surface area contributed by atoms with Crippen LogP contribution in [0, 0.1) is 0 Å².